The van der Waals surface area contributed by atoms with Crippen LogP contribution in [0.3, 0.4) is 0 Å². The van der Waals surface area contributed by atoms with Gasteiger partial charge in [0, 0.05) is 16.8 Å². The summed E-state index contributed by atoms with van der Waals surface area (Å²) in [5.74, 6) is -0.344. The molecule has 0 atom stereocenters. The van der Waals surface area contributed by atoms with E-state index < -0.39 is 6.03 Å². The Balaban J connectivity index is 2.03. The molecule has 8 heteroatoms. The molecule has 0 radical (unpaired) electrons. The molecule has 0 fully saturated rings. The van der Waals surface area contributed by atoms with Crippen LogP contribution in [0.25, 0.3) is 0 Å². The van der Waals surface area contributed by atoms with Gasteiger partial charge in [0.15, 0.2) is 5.13 Å². The highest BCUT2D eigenvalue weighted by Gasteiger charge is 2.09. The molecule has 1 heterocycles. The van der Waals surface area contributed by atoms with E-state index in [9.17, 15) is 9.59 Å². The predicted octanol–water partition coefficient (Wildman–Crippen LogP) is 1.47. The number of nitrogens with one attached hydrogen (secondary N) is 2. The lowest BCUT2D eigenvalue weighted by molar-refractivity contribution is 0.102. The molecular formula is C11H11N5O2S. The second-order valence-electron chi connectivity index (χ2n) is 3.59. The van der Waals surface area contributed by atoms with Gasteiger partial charge in [0.05, 0.1) is 0 Å². The van der Waals surface area contributed by atoms with Crippen molar-refractivity contribution >= 4 is 39.8 Å². The van der Waals surface area contributed by atoms with Gasteiger partial charge in [-0.1, -0.05) is 0 Å². The highest BCUT2D eigenvalue weighted by Crippen LogP contribution is 2.16. The molecule has 6 N–H and O–H groups in total. The number of thiazole rings is 1. The Morgan fingerprint density at radius 2 is 1.68 bits per heavy atom. The summed E-state index contributed by atoms with van der Waals surface area (Å²) in [6, 6.07) is 5.87. The topological polar surface area (TPSA) is 123 Å². The fraction of sp³-hybridized carbons (Fsp3) is 0. The van der Waals surface area contributed by atoms with Crippen molar-refractivity contribution in [2.24, 2.45) is 5.73 Å². The molecule has 0 saturated heterocycles. The Hall–Kier alpha value is -2.61. The van der Waals surface area contributed by atoms with Crippen LogP contribution in [-0.4, -0.2) is 16.9 Å². The normalized spacial score (nSPS) is 9.89. The fourth-order valence-corrected chi connectivity index (χ4v) is 1.91. The van der Waals surface area contributed by atoms with Gasteiger partial charge in [-0.2, -0.15) is 0 Å². The van der Waals surface area contributed by atoms with Gasteiger partial charge in [0.2, 0.25) is 0 Å². The molecule has 98 valence electrons. The van der Waals surface area contributed by atoms with Gasteiger partial charge >= 0.3 is 6.03 Å². The lowest BCUT2D eigenvalue weighted by Crippen LogP contribution is -2.19. The molecule has 1 aromatic heterocycles. The van der Waals surface area contributed by atoms with E-state index in [0.29, 0.717) is 16.5 Å². The molecule has 0 bridgehead atoms. The summed E-state index contributed by atoms with van der Waals surface area (Å²) in [6.07, 6.45) is 0. The Morgan fingerprint density at radius 3 is 2.16 bits per heavy atom. The van der Waals surface area contributed by atoms with Gasteiger partial charge in [0.25, 0.3) is 5.91 Å². The maximum atomic E-state index is 11.8. The summed E-state index contributed by atoms with van der Waals surface area (Å²) in [7, 11) is 0. The SMILES string of the molecule is NC(=O)Nc1ccc(NC(=O)c2csc(N)n2)cc1. The number of nitrogen functional groups attached to an aromatic ring is 1. The zero-order chi connectivity index (χ0) is 13.8. The molecule has 0 saturated carbocycles. The minimum atomic E-state index is -0.644. The third-order valence-corrected chi connectivity index (χ3v) is 2.84. The van der Waals surface area contributed by atoms with Crippen molar-refractivity contribution in [1.82, 2.24) is 4.98 Å². The summed E-state index contributed by atoms with van der Waals surface area (Å²) in [6.45, 7) is 0. The summed E-state index contributed by atoms with van der Waals surface area (Å²) in [5.41, 5.74) is 11.8. The number of anilines is 3. The number of primary amides is 1. The van der Waals surface area contributed by atoms with Crippen LogP contribution in [0.15, 0.2) is 29.6 Å². The third kappa shape index (κ3) is 3.42. The quantitative estimate of drug-likeness (QED) is 0.678. The summed E-state index contributed by atoms with van der Waals surface area (Å²) in [4.78, 5) is 26.3. The molecule has 3 amide bonds. The first-order valence-corrected chi connectivity index (χ1v) is 6.11. The second-order valence-corrected chi connectivity index (χ2v) is 4.48. The maximum absolute atomic E-state index is 11.8. The number of aromatic nitrogens is 1. The number of nitrogens with zero attached hydrogens (tertiary/aromatic N) is 1. The zero-order valence-electron chi connectivity index (χ0n) is 9.71. The number of benzene rings is 1. The van der Waals surface area contributed by atoms with Crippen molar-refractivity contribution in [3.63, 3.8) is 0 Å². The molecule has 2 rings (SSSR count). The minimum absolute atomic E-state index is 0.266. The molecule has 7 nitrogen and oxygen atoms in total. The summed E-state index contributed by atoms with van der Waals surface area (Å²) < 4.78 is 0. The Labute approximate surface area is 112 Å². The van der Waals surface area contributed by atoms with Crippen molar-refractivity contribution in [1.29, 1.82) is 0 Å². The van der Waals surface area contributed by atoms with Crippen LogP contribution >= 0.6 is 11.3 Å². The molecule has 0 aliphatic rings. The molecule has 0 aliphatic carbocycles. The van der Waals surface area contributed by atoms with Crippen LogP contribution < -0.4 is 22.1 Å². The van der Waals surface area contributed by atoms with E-state index in [1.807, 2.05) is 0 Å². The van der Waals surface area contributed by atoms with Crippen LogP contribution in [-0.2, 0) is 0 Å². The standard InChI is InChI=1S/C11H11N5O2S/c12-10(18)15-7-3-1-6(2-4-7)14-9(17)8-5-19-11(13)16-8/h1-5H,(H2,13,16)(H,14,17)(H3,12,15,18). The zero-order valence-corrected chi connectivity index (χ0v) is 10.5. The summed E-state index contributed by atoms with van der Waals surface area (Å²) in [5, 5.41) is 6.99. The second kappa shape index (κ2) is 5.36. The van der Waals surface area contributed by atoms with Crippen LogP contribution in [0.2, 0.25) is 0 Å². The van der Waals surface area contributed by atoms with Gasteiger partial charge in [-0.25, -0.2) is 9.78 Å². The highest BCUT2D eigenvalue weighted by atomic mass is 32.1. The van der Waals surface area contributed by atoms with Gasteiger partial charge in [-0.3, -0.25) is 4.79 Å². The lowest BCUT2D eigenvalue weighted by atomic mass is 10.2. The van der Waals surface area contributed by atoms with E-state index in [-0.39, 0.29) is 11.6 Å². The van der Waals surface area contributed by atoms with Crippen LogP contribution in [0, 0.1) is 0 Å². The van der Waals surface area contributed by atoms with Gasteiger partial charge in [0.1, 0.15) is 5.69 Å². The van der Waals surface area contributed by atoms with E-state index >= 15 is 0 Å². The van der Waals surface area contributed by atoms with Crippen LogP contribution in [0.5, 0.6) is 0 Å². The van der Waals surface area contributed by atoms with Crippen molar-refractivity contribution in [2.45, 2.75) is 0 Å². The maximum Gasteiger partial charge on any atom is 0.316 e. The van der Waals surface area contributed by atoms with Gasteiger partial charge < -0.3 is 22.1 Å². The third-order valence-electron chi connectivity index (χ3n) is 2.16. The first kappa shape index (κ1) is 12.8. The number of urea groups is 1. The van der Waals surface area contributed by atoms with Crippen molar-refractivity contribution in [3.05, 3.63) is 35.3 Å². The number of rotatable bonds is 3. The molecule has 19 heavy (non-hydrogen) atoms. The Morgan fingerprint density at radius 1 is 1.11 bits per heavy atom. The number of hydrogen-bond donors (Lipinski definition) is 4. The average Bonchev–Trinajstić information content (AvgIpc) is 2.78. The monoisotopic (exact) mass is 277 g/mol. The highest BCUT2D eigenvalue weighted by molar-refractivity contribution is 7.13. The first-order chi connectivity index (χ1) is 9.04. The van der Waals surface area contributed by atoms with Crippen LogP contribution in [0.4, 0.5) is 21.3 Å². The van der Waals surface area contributed by atoms with E-state index in [1.165, 1.54) is 11.3 Å². The number of amides is 3. The Bertz CT molecular complexity index is 608. The Kier molecular flexibility index (Phi) is 3.62. The largest absolute Gasteiger partial charge is 0.375 e. The van der Waals surface area contributed by atoms with E-state index in [2.05, 4.69) is 15.6 Å². The van der Waals surface area contributed by atoms with Crippen molar-refractivity contribution in [3.8, 4) is 0 Å². The molecule has 2 aromatic rings. The fourth-order valence-electron chi connectivity index (χ4n) is 1.37. The molecular weight excluding hydrogens is 266 g/mol. The van der Waals surface area contributed by atoms with Crippen molar-refractivity contribution < 1.29 is 9.59 Å². The van der Waals surface area contributed by atoms with Crippen molar-refractivity contribution in [2.75, 3.05) is 16.4 Å². The predicted molar refractivity (Wildman–Crippen MR) is 74.1 cm³/mol. The number of hydrogen-bond acceptors (Lipinski definition) is 5. The molecule has 0 unspecified atom stereocenters. The first-order valence-electron chi connectivity index (χ1n) is 5.23. The molecule has 1 aromatic carbocycles. The van der Waals surface area contributed by atoms with E-state index in [4.69, 9.17) is 11.5 Å². The summed E-state index contributed by atoms with van der Waals surface area (Å²) >= 11 is 1.20. The average molecular weight is 277 g/mol. The minimum Gasteiger partial charge on any atom is -0.375 e. The molecule has 0 aliphatic heterocycles. The van der Waals surface area contributed by atoms with E-state index in [0.717, 1.165) is 0 Å². The smallest absolute Gasteiger partial charge is 0.316 e. The van der Waals surface area contributed by atoms with Crippen LogP contribution in [0.1, 0.15) is 10.5 Å². The van der Waals surface area contributed by atoms with Gasteiger partial charge in [-0.15, -0.1) is 11.3 Å². The number of carbonyl (C=O) groups is 2. The number of carbonyl (C=O) groups excluding carboxylic acids is 2. The lowest BCUT2D eigenvalue weighted by Gasteiger charge is -2.05. The van der Waals surface area contributed by atoms with E-state index in [1.54, 1.807) is 29.6 Å². The van der Waals surface area contributed by atoms with Gasteiger partial charge in [-0.05, 0) is 24.3 Å². The number of nitrogens with two attached hydrogens (primary N) is 2. The molecule has 0 spiro atoms.